The van der Waals surface area contributed by atoms with Gasteiger partial charge in [-0.2, -0.15) is 0 Å². The molecule has 0 aromatic carbocycles. The molecule has 0 aliphatic rings. The van der Waals surface area contributed by atoms with E-state index in [2.05, 4.69) is 16.0 Å². The summed E-state index contributed by atoms with van der Waals surface area (Å²) in [6, 6.07) is 1.91. The molecule has 0 saturated carbocycles. The average molecular weight is 301 g/mol. The fourth-order valence-corrected chi connectivity index (χ4v) is 1.19. The second-order valence-corrected chi connectivity index (χ2v) is 2.86. The Hall–Kier alpha value is -0.552. The summed E-state index contributed by atoms with van der Waals surface area (Å²) in [4.78, 5) is 3.98. The number of hydrogen-bond donors (Lipinski definition) is 0. The van der Waals surface area contributed by atoms with E-state index in [0.717, 1.165) is 10.4 Å². The van der Waals surface area contributed by atoms with Crippen LogP contribution in [0.5, 0.6) is 0 Å². The topological polar surface area (TPSA) is 12.9 Å². The normalized spacial score (nSPS) is 11.4. The first-order chi connectivity index (χ1) is 4.84. The van der Waals surface area contributed by atoms with Crippen LogP contribution in [0, 0.1) is 0 Å². The van der Waals surface area contributed by atoms with Gasteiger partial charge in [-0.3, -0.25) is 0 Å². The molecule has 0 bridgehead atoms. The molecule has 0 atom stereocenters. The predicted octanol–water partition coefficient (Wildman–Crippen LogP) is -0.379. The Kier molecular flexibility index (Phi) is 2.70. The minimum absolute atomic E-state index is 1.03. The van der Waals surface area contributed by atoms with Crippen LogP contribution in [0.4, 0.5) is 0 Å². The molecule has 10 heavy (non-hydrogen) atoms. The summed E-state index contributed by atoms with van der Waals surface area (Å²) < 4.78 is 2.06. The van der Waals surface area contributed by atoms with E-state index in [1.807, 2.05) is 18.3 Å². The van der Waals surface area contributed by atoms with Gasteiger partial charge in [0, 0.05) is 0 Å². The monoisotopic (exact) mass is 301 g/mol. The molecule has 1 heterocycles. The number of nitrogens with zero attached hydrogens (tertiary/aromatic N) is 1. The Morgan fingerprint density at radius 1 is 1.60 bits per heavy atom. The maximum atomic E-state index is 3.98. The van der Waals surface area contributed by atoms with Gasteiger partial charge in [-0.1, -0.05) is 0 Å². The zero-order valence-corrected chi connectivity index (χ0v) is 8.38. The van der Waals surface area contributed by atoms with Crippen molar-refractivity contribution in [2.75, 3.05) is 0 Å². The molecule has 0 aliphatic carbocycles. The standard InChI is InChI=1S/C8H7N.W/c1-3-8-6-9-5-4-7(8)2;/h1,3-6H,2H2;. The van der Waals surface area contributed by atoms with E-state index < -0.39 is 0 Å². The van der Waals surface area contributed by atoms with Crippen molar-refractivity contribution < 1.29 is 19.4 Å². The number of rotatable bonds is 1. The van der Waals surface area contributed by atoms with Crippen molar-refractivity contribution in [2.45, 2.75) is 0 Å². The van der Waals surface area contributed by atoms with Crippen LogP contribution in [-0.4, -0.2) is 9.38 Å². The average Bonchev–Trinajstić information content (AvgIpc) is 1.94. The van der Waals surface area contributed by atoms with Crippen LogP contribution in [0.15, 0.2) is 18.5 Å². The number of pyridine rings is 1. The fourth-order valence-electron chi connectivity index (χ4n) is 0.659. The molecular weight excluding hydrogens is 294 g/mol. The number of aromatic nitrogens is 1. The third kappa shape index (κ3) is 1.71. The molecule has 0 N–H and O–H groups in total. The van der Waals surface area contributed by atoms with Gasteiger partial charge in [-0.15, -0.1) is 0 Å². The molecule has 1 nitrogen and oxygen atoms in total. The zero-order chi connectivity index (χ0) is 7.40. The van der Waals surface area contributed by atoms with Gasteiger partial charge in [-0.05, 0) is 0 Å². The molecular formula is C8H7NW. The summed E-state index contributed by atoms with van der Waals surface area (Å²) in [6.07, 6.45) is 5.61. The van der Waals surface area contributed by atoms with E-state index in [1.165, 1.54) is 19.4 Å². The summed E-state index contributed by atoms with van der Waals surface area (Å²) in [5.74, 6) is 0. The Morgan fingerprint density at radius 3 is 3.00 bits per heavy atom. The van der Waals surface area contributed by atoms with Gasteiger partial charge in [0.2, 0.25) is 0 Å². The van der Waals surface area contributed by atoms with Gasteiger partial charge in [0.25, 0.3) is 0 Å². The van der Waals surface area contributed by atoms with Crippen LogP contribution >= 0.6 is 0 Å². The molecule has 2 heteroatoms. The summed E-state index contributed by atoms with van der Waals surface area (Å²) in [5.41, 5.74) is 0. The maximum absolute atomic E-state index is 3.98. The molecule has 0 spiro atoms. The SMILES string of the molecule is C=c1ccncc1=C[CH]=[W]. The van der Waals surface area contributed by atoms with Crippen LogP contribution in [0.1, 0.15) is 0 Å². The first kappa shape index (κ1) is 7.55. The van der Waals surface area contributed by atoms with E-state index in [4.69, 9.17) is 0 Å². The van der Waals surface area contributed by atoms with Crippen LogP contribution in [0.2, 0.25) is 0 Å². The van der Waals surface area contributed by atoms with Crippen molar-refractivity contribution in [3.05, 3.63) is 28.9 Å². The Morgan fingerprint density at radius 2 is 2.40 bits per heavy atom. The van der Waals surface area contributed by atoms with Gasteiger partial charge in [0.05, 0.1) is 0 Å². The van der Waals surface area contributed by atoms with E-state index in [9.17, 15) is 0 Å². The van der Waals surface area contributed by atoms with Crippen molar-refractivity contribution >= 4 is 17.1 Å². The Bertz CT molecular complexity index is 329. The molecule has 1 aromatic heterocycles. The van der Waals surface area contributed by atoms with E-state index >= 15 is 0 Å². The van der Waals surface area contributed by atoms with E-state index in [-0.39, 0.29) is 0 Å². The molecule has 0 amide bonds. The van der Waals surface area contributed by atoms with Gasteiger partial charge in [0.15, 0.2) is 0 Å². The minimum atomic E-state index is 1.03. The molecule has 1 aromatic rings. The van der Waals surface area contributed by atoms with Gasteiger partial charge >= 0.3 is 70.3 Å². The van der Waals surface area contributed by atoms with E-state index in [0.29, 0.717) is 0 Å². The first-order valence-corrected chi connectivity index (χ1v) is 4.58. The quantitative estimate of drug-likeness (QED) is 0.689. The summed E-state index contributed by atoms with van der Waals surface area (Å²) in [5, 5.41) is 2.14. The van der Waals surface area contributed by atoms with Crippen LogP contribution < -0.4 is 10.4 Å². The molecule has 0 saturated heterocycles. The van der Waals surface area contributed by atoms with Crippen molar-refractivity contribution in [1.82, 2.24) is 4.98 Å². The van der Waals surface area contributed by atoms with Crippen LogP contribution in [0.25, 0.3) is 12.7 Å². The summed E-state index contributed by atoms with van der Waals surface area (Å²) >= 11 is 1.44. The second-order valence-electron chi connectivity index (χ2n) is 1.88. The van der Waals surface area contributed by atoms with Crippen LogP contribution in [0.3, 0.4) is 0 Å². The molecule has 0 unspecified atom stereocenters. The number of hydrogen-bond acceptors (Lipinski definition) is 1. The third-order valence-corrected chi connectivity index (χ3v) is 1.68. The second kappa shape index (κ2) is 3.58. The molecule has 0 radical (unpaired) electrons. The van der Waals surface area contributed by atoms with Gasteiger partial charge in [0.1, 0.15) is 0 Å². The summed E-state index contributed by atoms with van der Waals surface area (Å²) in [7, 11) is 0. The summed E-state index contributed by atoms with van der Waals surface area (Å²) in [6.45, 7) is 3.86. The van der Waals surface area contributed by atoms with E-state index in [1.54, 1.807) is 6.20 Å². The zero-order valence-electron chi connectivity index (χ0n) is 5.45. The fraction of sp³-hybridized carbons (Fsp3) is 0. The third-order valence-electron chi connectivity index (χ3n) is 1.19. The molecule has 1 rings (SSSR count). The molecule has 50 valence electrons. The van der Waals surface area contributed by atoms with Crippen LogP contribution in [-0.2, 0) is 19.4 Å². The van der Waals surface area contributed by atoms with Crippen molar-refractivity contribution in [2.24, 2.45) is 0 Å². The Labute approximate surface area is 70.5 Å². The first-order valence-electron chi connectivity index (χ1n) is 2.89. The van der Waals surface area contributed by atoms with Crippen molar-refractivity contribution in [1.29, 1.82) is 0 Å². The predicted molar refractivity (Wildman–Crippen MR) is 39.5 cm³/mol. The van der Waals surface area contributed by atoms with Gasteiger partial charge < -0.3 is 0 Å². The van der Waals surface area contributed by atoms with Crippen molar-refractivity contribution in [3.8, 4) is 0 Å². The molecule has 0 fully saturated rings. The van der Waals surface area contributed by atoms with Gasteiger partial charge in [-0.25, -0.2) is 0 Å². The Balaban J connectivity index is 3.43. The van der Waals surface area contributed by atoms with Crippen molar-refractivity contribution in [3.63, 3.8) is 0 Å². The molecule has 0 aliphatic heterocycles.